The molecular formula is C14H15N3S. The lowest BCUT2D eigenvalue weighted by atomic mass is 10.1. The fourth-order valence-electron chi connectivity index (χ4n) is 1.78. The molecule has 0 bridgehead atoms. The van der Waals surface area contributed by atoms with Gasteiger partial charge in [0.25, 0.3) is 0 Å². The van der Waals surface area contributed by atoms with E-state index < -0.39 is 0 Å². The first-order valence-electron chi connectivity index (χ1n) is 5.68. The number of aromatic nitrogens is 1. The van der Waals surface area contributed by atoms with E-state index >= 15 is 0 Å². The van der Waals surface area contributed by atoms with Crippen LogP contribution < -0.4 is 11.1 Å². The van der Waals surface area contributed by atoms with Crippen molar-refractivity contribution >= 4 is 28.7 Å². The molecule has 0 saturated heterocycles. The van der Waals surface area contributed by atoms with Crippen LogP contribution in [0.15, 0.2) is 36.4 Å². The van der Waals surface area contributed by atoms with Crippen LogP contribution in [-0.2, 0) is 0 Å². The lowest BCUT2D eigenvalue weighted by molar-refractivity contribution is 1.26. The second-order valence-electron chi connectivity index (χ2n) is 4.16. The largest absolute Gasteiger partial charge is 0.388 e. The summed E-state index contributed by atoms with van der Waals surface area (Å²) in [4.78, 5) is 4.68. The van der Waals surface area contributed by atoms with Crippen LogP contribution in [0.25, 0.3) is 0 Å². The summed E-state index contributed by atoms with van der Waals surface area (Å²) in [6.45, 7) is 4.12. The number of hydrogen-bond acceptors (Lipinski definition) is 3. The highest BCUT2D eigenvalue weighted by Crippen LogP contribution is 2.23. The van der Waals surface area contributed by atoms with E-state index in [2.05, 4.69) is 36.3 Å². The molecule has 0 aliphatic heterocycles. The molecule has 0 spiro atoms. The molecule has 0 saturated carbocycles. The van der Waals surface area contributed by atoms with Crippen molar-refractivity contribution in [2.75, 3.05) is 5.32 Å². The zero-order chi connectivity index (χ0) is 13.1. The molecule has 0 aliphatic carbocycles. The van der Waals surface area contributed by atoms with Gasteiger partial charge in [0.05, 0.1) is 5.69 Å². The summed E-state index contributed by atoms with van der Waals surface area (Å²) in [5.74, 6) is 0.748. The third-order valence-electron chi connectivity index (χ3n) is 2.74. The number of para-hydroxylation sites is 1. The SMILES string of the molecule is Cc1cccc(C)c1Nc1cccc(C(N)=S)n1. The Bertz CT molecular complexity index is 573. The van der Waals surface area contributed by atoms with Crippen molar-refractivity contribution < 1.29 is 0 Å². The van der Waals surface area contributed by atoms with Gasteiger partial charge >= 0.3 is 0 Å². The van der Waals surface area contributed by atoms with Gasteiger partial charge < -0.3 is 11.1 Å². The predicted octanol–water partition coefficient (Wildman–Crippen LogP) is 3.08. The molecule has 92 valence electrons. The van der Waals surface area contributed by atoms with Crippen LogP contribution in [-0.4, -0.2) is 9.97 Å². The average molecular weight is 257 g/mol. The number of benzene rings is 1. The summed E-state index contributed by atoms with van der Waals surface area (Å²) in [6, 6.07) is 11.7. The van der Waals surface area contributed by atoms with E-state index in [0.717, 1.165) is 11.5 Å². The molecule has 0 aliphatic rings. The molecule has 1 aromatic heterocycles. The number of pyridine rings is 1. The molecule has 3 N–H and O–H groups in total. The van der Waals surface area contributed by atoms with Crippen LogP contribution in [0.1, 0.15) is 16.8 Å². The zero-order valence-corrected chi connectivity index (χ0v) is 11.2. The number of hydrogen-bond donors (Lipinski definition) is 2. The maximum absolute atomic E-state index is 5.58. The van der Waals surface area contributed by atoms with Gasteiger partial charge in [-0.3, -0.25) is 0 Å². The Labute approximate surface area is 112 Å². The van der Waals surface area contributed by atoms with Crippen LogP contribution >= 0.6 is 12.2 Å². The highest BCUT2D eigenvalue weighted by atomic mass is 32.1. The van der Waals surface area contributed by atoms with E-state index in [0.29, 0.717) is 10.7 Å². The Hall–Kier alpha value is -1.94. The molecule has 2 aromatic rings. The van der Waals surface area contributed by atoms with Crippen molar-refractivity contribution in [2.45, 2.75) is 13.8 Å². The van der Waals surface area contributed by atoms with Gasteiger partial charge in [-0.25, -0.2) is 4.98 Å². The summed E-state index contributed by atoms with van der Waals surface area (Å²) in [7, 11) is 0. The molecule has 1 heterocycles. The van der Waals surface area contributed by atoms with Crippen molar-refractivity contribution in [3.05, 3.63) is 53.2 Å². The molecule has 2 rings (SSSR count). The number of thiocarbonyl (C=S) groups is 1. The number of aryl methyl sites for hydroxylation is 2. The molecule has 0 fully saturated rings. The number of nitrogens with two attached hydrogens (primary N) is 1. The smallest absolute Gasteiger partial charge is 0.131 e. The Kier molecular flexibility index (Phi) is 3.58. The van der Waals surface area contributed by atoms with Gasteiger partial charge in [0.2, 0.25) is 0 Å². The fourth-order valence-corrected chi connectivity index (χ4v) is 1.89. The van der Waals surface area contributed by atoms with Crippen LogP contribution in [0.5, 0.6) is 0 Å². The van der Waals surface area contributed by atoms with E-state index in [9.17, 15) is 0 Å². The number of rotatable bonds is 3. The van der Waals surface area contributed by atoms with Crippen molar-refractivity contribution in [1.82, 2.24) is 4.98 Å². The van der Waals surface area contributed by atoms with Gasteiger partial charge in [0.1, 0.15) is 10.8 Å². The topological polar surface area (TPSA) is 50.9 Å². The van der Waals surface area contributed by atoms with E-state index in [1.165, 1.54) is 11.1 Å². The molecule has 0 radical (unpaired) electrons. The highest BCUT2D eigenvalue weighted by Gasteiger charge is 2.04. The van der Waals surface area contributed by atoms with Crippen molar-refractivity contribution in [1.29, 1.82) is 0 Å². The molecule has 1 aromatic carbocycles. The first kappa shape index (κ1) is 12.5. The van der Waals surface area contributed by atoms with Gasteiger partial charge in [0, 0.05) is 5.69 Å². The van der Waals surface area contributed by atoms with Gasteiger partial charge in [0.15, 0.2) is 0 Å². The molecular weight excluding hydrogens is 242 g/mol. The number of nitrogens with zero attached hydrogens (tertiary/aromatic N) is 1. The van der Waals surface area contributed by atoms with E-state index in [-0.39, 0.29) is 0 Å². The Morgan fingerprint density at radius 2 is 1.72 bits per heavy atom. The summed E-state index contributed by atoms with van der Waals surface area (Å²) >= 11 is 4.93. The normalized spacial score (nSPS) is 10.1. The van der Waals surface area contributed by atoms with E-state index in [1.807, 2.05) is 18.2 Å². The van der Waals surface area contributed by atoms with Gasteiger partial charge in [-0.2, -0.15) is 0 Å². The van der Waals surface area contributed by atoms with Gasteiger partial charge in [-0.05, 0) is 37.1 Å². The third kappa shape index (κ3) is 2.65. The van der Waals surface area contributed by atoms with E-state index in [1.54, 1.807) is 6.07 Å². The van der Waals surface area contributed by atoms with Gasteiger partial charge in [-0.15, -0.1) is 0 Å². The lowest BCUT2D eigenvalue weighted by Crippen LogP contribution is -2.12. The molecule has 0 atom stereocenters. The van der Waals surface area contributed by atoms with Crippen LogP contribution in [0, 0.1) is 13.8 Å². The Morgan fingerprint density at radius 3 is 2.33 bits per heavy atom. The number of anilines is 2. The molecule has 4 heteroatoms. The second-order valence-corrected chi connectivity index (χ2v) is 4.60. The Balaban J connectivity index is 2.34. The van der Waals surface area contributed by atoms with E-state index in [4.69, 9.17) is 18.0 Å². The monoisotopic (exact) mass is 257 g/mol. The highest BCUT2D eigenvalue weighted by molar-refractivity contribution is 7.80. The predicted molar refractivity (Wildman–Crippen MR) is 79.3 cm³/mol. The molecule has 0 amide bonds. The lowest BCUT2D eigenvalue weighted by Gasteiger charge is -2.12. The molecule has 3 nitrogen and oxygen atoms in total. The van der Waals surface area contributed by atoms with Gasteiger partial charge in [-0.1, -0.05) is 36.5 Å². The summed E-state index contributed by atoms with van der Waals surface area (Å²) < 4.78 is 0. The minimum atomic E-state index is 0.306. The van der Waals surface area contributed by atoms with Crippen molar-refractivity contribution in [3.63, 3.8) is 0 Å². The summed E-state index contributed by atoms with van der Waals surface area (Å²) in [5, 5.41) is 3.31. The maximum atomic E-state index is 5.58. The first-order valence-corrected chi connectivity index (χ1v) is 6.09. The second kappa shape index (κ2) is 5.14. The van der Waals surface area contributed by atoms with Crippen LogP contribution in [0.2, 0.25) is 0 Å². The fraction of sp³-hybridized carbons (Fsp3) is 0.143. The van der Waals surface area contributed by atoms with Crippen molar-refractivity contribution in [3.8, 4) is 0 Å². The summed E-state index contributed by atoms with van der Waals surface area (Å²) in [5.41, 5.74) is 9.63. The standard InChI is InChI=1S/C14H15N3S/c1-9-5-3-6-10(2)13(9)17-12-8-4-7-11(16-12)14(15)18/h3-8H,1-2H3,(H2,15,18)(H,16,17). The van der Waals surface area contributed by atoms with Crippen molar-refractivity contribution in [2.24, 2.45) is 5.73 Å². The maximum Gasteiger partial charge on any atom is 0.131 e. The molecule has 0 unspecified atom stereocenters. The quantitative estimate of drug-likeness (QED) is 0.830. The Morgan fingerprint density at radius 1 is 1.11 bits per heavy atom. The van der Waals surface area contributed by atoms with Crippen LogP contribution in [0.4, 0.5) is 11.5 Å². The van der Waals surface area contributed by atoms with Crippen LogP contribution in [0.3, 0.4) is 0 Å². The summed E-state index contributed by atoms with van der Waals surface area (Å²) in [6.07, 6.45) is 0. The zero-order valence-electron chi connectivity index (χ0n) is 10.4. The minimum Gasteiger partial charge on any atom is -0.388 e. The average Bonchev–Trinajstić information content (AvgIpc) is 2.34. The minimum absolute atomic E-state index is 0.306. The first-order chi connectivity index (χ1) is 8.58. The molecule has 18 heavy (non-hydrogen) atoms. The third-order valence-corrected chi connectivity index (χ3v) is 2.94. The number of nitrogens with one attached hydrogen (secondary N) is 1.